The normalized spacial score (nSPS) is 12.2. The van der Waals surface area contributed by atoms with Gasteiger partial charge in [0.05, 0.1) is 0 Å². The maximum absolute atomic E-state index is 13.7. The number of hydrogen-bond donors (Lipinski definition) is 0. The monoisotopic (exact) mass is 646 g/mol. The van der Waals surface area contributed by atoms with Crippen molar-refractivity contribution in [1.29, 1.82) is 0 Å². The summed E-state index contributed by atoms with van der Waals surface area (Å²) in [7, 11) is 0. The SMILES string of the molecule is Cc1c(C)c(C)n(-c2ccc(F)[c-]c2F)c1C.Cc1c(C)c(C)n(-c2ccc(F)[c-]c2F)c1C.[C-]1=CC=CC1.[C-]1=CC=CC1.[Ti+4]. The van der Waals surface area contributed by atoms with Gasteiger partial charge in [0.2, 0.25) is 0 Å². The van der Waals surface area contributed by atoms with E-state index in [-0.39, 0.29) is 21.7 Å². The molecule has 232 valence electrons. The number of aromatic nitrogens is 2. The molecule has 2 aromatic heterocycles. The zero-order valence-corrected chi connectivity index (χ0v) is 28.7. The molecule has 0 spiro atoms. The predicted molar refractivity (Wildman–Crippen MR) is 170 cm³/mol. The van der Waals surface area contributed by atoms with Gasteiger partial charge in [-0.05, 0) is 89.0 Å². The van der Waals surface area contributed by atoms with Crippen LogP contribution in [0.2, 0.25) is 0 Å². The second-order valence-corrected chi connectivity index (χ2v) is 10.5. The average molecular weight is 647 g/mol. The molecule has 2 aromatic carbocycles. The fourth-order valence-corrected chi connectivity index (χ4v) is 4.88. The van der Waals surface area contributed by atoms with Gasteiger partial charge in [-0.2, -0.15) is 12.2 Å². The Morgan fingerprint density at radius 3 is 1.02 bits per heavy atom. The molecule has 0 aliphatic heterocycles. The second-order valence-electron chi connectivity index (χ2n) is 10.5. The van der Waals surface area contributed by atoms with E-state index in [0.29, 0.717) is 11.4 Å². The van der Waals surface area contributed by atoms with Gasteiger partial charge in [0.15, 0.2) is 0 Å². The van der Waals surface area contributed by atoms with Gasteiger partial charge >= 0.3 is 21.7 Å². The quantitative estimate of drug-likeness (QED) is 0.117. The van der Waals surface area contributed by atoms with E-state index < -0.39 is 23.3 Å². The molecule has 0 saturated heterocycles. The molecule has 2 aliphatic carbocycles. The standard InChI is InChI=1S/2C14H14F2N.2C5H5.Ti/c2*1-8-9(2)11(4)17(10(8)3)14-6-5-12(15)7-13(14)16;2*1-2-4-5-3-1;/h2*5-6H,1-4H3;2*1-3H,4H2;/q4*-1;+4. The van der Waals surface area contributed by atoms with Crippen LogP contribution in [0.3, 0.4) is 0 Å². The van der Waals surface area contributed by atoms with Crippen molar-refractivity contribution >= 4 is 0 Å². The van der Waals surface area contributed by atoms with Crippen LogP contribution in [0.5, 0.6) is 0 Å². The zero-order valence-electron chi connectivity index (χ0n) is 27.1. The number of allylic oxidation sites excluding steroid dienone is 8. The molecule has 0 saturated carbocycles. The fraction of sp³-hybridized carbons (Fsp3) is 0.263. The summed E-state index contributed by atoms with van der Waals surface area (Å²) in [5.41, 5.74) is 9.10. The molecule has 0 bridgehead atoms. The van der Waals surface area contributed by atoms with Crippen molar-refractivity contribution < 1.29 is 39.3 Å². The molecule has 6 rings (SSSR count). The van der Waals surface area contributed by atoms with Crippen molar-refractivity contribution in [1.82, 2.24) is 9.13 Å². The molecule has 2 aliphatic rings. The summed E-state index contributed by atoms with van der Waals surface area (Å²) in [5.74, 6) is -2.68. The van der Waals surface area contributed by atoms with Gasteiger partial charge in [-0.25, -0.2) is 41.9 Å². The first-order valence-corrected chi connectivity index (χ1v) is 14.4. The molecule has 0 unspecified atom stereocenters. The van der Waals surface area contributed by atoms with Crippen LogP contribution in [0.1, 0.15) is 57.9 Å². The molecule has 0 N–H and O–H groups in total. The Kier molecular flexibility index (Phi) is 14.4. The topological polar surface area (TPSA) is 9.86 Å². The second kappa shape index (κ2) is 17.2. The molecular weight excluding hydrogens is 608 g/mol. The van der Waals surface area contributed by atoms with Crippen molar-refractivity contribution in [3.05, 3.63) is 153 Å². The molecule has 4 aromatic rings. The number of rotatable bonds is 2. The summed E-state index contributed by atoms with van der Waals surface area (Å²) in [6.07, 6.45) is 20.0. The summed E-state index contributed by atoms with van der Waals surface area (Å²) in [6, 6.07) is 9.47. The van der Waals surface area contributed by atoms with Gasteiger partial charge in [0, 0.05) is 46.0 Å². The number of benzene rings is 2. The van der Waals surface area contributed by atoms with E-state index in [1.807, 2.05) is 79.7 Å². The Hall–Kier alpha value is -3.61. The first-order chi connectivity index (χ1) is 20.9. The van der Waals surface area contributed by atoms with Gasteiger partial charge < -0.3 is 9.13 Å². The summed E-state index contributed by atoms with van der Waals surface area (Å²) >= 11 is 0. The Labute approximate surface area is 280 Å². The molecule has 0 radical (unpaired) electrons. The first-order valence-electron chi connectivity index (χ1n) is 14.4. The van der Waals surface area contributed by atoms with Crippen molar-refractivity contribution in [3.63, 3.8) is 0 Å². The van der Waals surface area contributed by atoms with Crippen LogP contribution in [0.4, 0.5) is 17.6 Å². The minimum absolute atomic E-state index is 0. The third-order valence-electron chi connectivity index (χ3n) is 7.97. The fourth-order valence-electron chi connectivity index (χ4n) is 4.88. The molecule has 0 amide bonds. The average Bonchev–Trinajstić information content (AvgIpc) is 3.82. The first kappa shape index (κ1) is 37.6. The summed E-state index contributed by atoms with van der Waals surface area (Å²) in [6.45, 7) is 15.7. The Balaban J connectivity index is 0.000000235. The van der Waals surface area contributed by atoms with E-state index >= 15 is 0 Å². The Morgan fingerprint density at radius 2 is 0.822 bits per heavy atom. The van der Waals surface area contributed by atoms with E-state index in [2.05, 4.69) is 36.4 Å². The van der Waals surface area contributed by atoms with Gasteiger partial charge in [-0.15, -0.1) is 49.2 Å². The van der Waals surface area contributed by atoms with Crippen LogP contribution in [0.25, 0.3) is 11.4 Å². The van der Waals surface area contributed by atoms with Crippen molar-refractivity contribution in [2.24, 2.45) is 0 Å². The minimum Gasteiger partial charge on any atom is -0.369 e. The molecule has 2 nitrogen and oxygen atoms in total. The molecule has 7 heteroatoms. The maximum Gasteiger partial charge on any atom is 4.00 e. The van der Waals surface area contributed by atoms with Crippen molar-refractivity contribution in [2.75, 3.05) is 0 Å². The van der Waals surface area contributed by atoms with Crippen LogP contribution >= 0.6 is 0 Å². The predicted octanol–water partition coefficient (Wildman–Crippen LogP) is 10.2. The molecule has 0 fully saturated rings. The third-order valence-corrected chi connectivity index (χ3v) is 7.97. The van der Waals surface area contributed by atoms with Crippen molar-refractivity contribution in [3.8, 4) is 11.4 Å². The summed E-state index contributed by atoms with van der Waals surface area (Å²) < 4.78 is 56.7. The largest absolute Gasteiger partial charge is 4.00 e. The molecule has 2 heterocycles. The van der Waals surface area contributed by atoms with Crippen molar-refractivity contribution in [2.45, 2.75) is 68.2 Å². The van der Waals surface area contributed by atoms with Gasteiger partial charge in [0.1, 0.15) is 0 Å². The Bertz CT molecular complexity index is 1540. The van der Waals surface area contributed by atoms with Crippen LogP contribution < -0.4 is 0 Å². The smallest absolute Gasteiger partial charge is 0.369 e. The molecular formula is C38H38F4N2Ti. The van der Waals surface area contributed by atoms with Crippen LogP contribution in [0, 0.1) is 103 Å². The van der Waals surface area contributed by atoms with E-state index in [9.17, 15) is 17.6 Å². The summed E-state index contributed by atoms with van der Waals surface area (Å²) in [5, 5.41) is 0. The van der Waals surface area contributed by atoms with Gasteiger partial charge in [-0.1, -0.05) is 0 Å². The van der Waals surface area contributed by atoms with E-state index in [0.717, 1.165) is 57.9 Å². The van der Waals surface area contributed by atoms with E-state index in [4.69, 9.17) is 0 Å². The van der Waals surface area contributed by atoms with E-state index in [1.165, 1.54) is 24.3 Å². The maximum atomic E-state index is 13.7. The summed E-state index contributed by atoms with van der Waals surface area (Å²) in [4.78, 5) is 0. The number of nitrogens with zero attached hydrogens (tertiary/aromatic N) is 2. The minimum atomic E-state index is -0.679. The Morgan fingerprint density at radius 1 is 0.511 bits per heavy atom. The van der Waals surface area contributed by atoms with Crippen LogP contribution in [0.15, 0.2) is 60.7 Å². The van der Waals surface area contributed by atoms with Crippen LogP contribution in [-0.4, -0.2) is 9.13 Å². The molecule has 0 atom stereocenters. The third kappa shape index (κ3) is 9.21. The molecule has 45 heavy (non-hydrogen) atoms. The van der Waals surface area contributed by atoms with Gasteiger partial charge in [-0.3, -0.25) is 12.2 Å². The van der Waals surface area contributed by atoms with Gasteiger partial charge in [0.25, 0.3) is 0 Å². The van der Waals surface area contributed by atoms with Crippen LogP contribution in [-0.2, 0) is 21.7 Å². The van der Waals surface area contributed by atoms with E-state index in [1.54, 1.807) is 9.13 Å². The zero-order chi connectivity index (χ0) is 32.6. The number of hydrogen-bond acceptors (Lipinski definition) is 0. The number of halogens is 4.